The fourth-order valence-corrected chi connectivity index (χ4v) is 4.55. The fourth-order valence-electron chi connectivity index (χ4n) is 4.55. The van der Waals surface area contributed by atoms with Gasteiger partial charge in [0.25, 0.3) is 0 Å². The first kappa shape index (κ1) is 22.2. The van der Waals surface area contributed by atoms with E-state index in [4.69, 9.17) is 0 Å². The Morgan fingerprint density at radius 2 is 2.00 bits per heavy atom. The minimum absolute atomic E-state index is 0.0336. The maximum absolute atomic E-state index is 12.8. The molecule has 1 aromatic rings. The number of likely N-dealkylation sites (tertiary alicyclic amines) is 2. The average molecular weight is 405 g/mol. The Morgan fingerprint density at radius 3 is 2.62 bits per heavy atom. The number of piperidine rings is 2. The molecule has 3 rings (SSSR count). The van der Waals surface area contributed by atoms with Gasteiger partial charge in [-0.3, -0.25) is 19.6 Å². The zero-order valence-corrected chi connectivity index (χ0v) is 17.6. The van der Waals surface area contributed by atoms with Crippen LogP contribution < -0.4 is 5.32 Å². The number of carbonyl (C=O) groups is 1. The molecule has 0 aromatic carbocycles. The third-order valence-electron chi connectivity index (χ3n) is 6.70. The van der Waals surface area contributed by atoms with Crippen molar-refractivity contribution < 1.29 is 15.0 Å². The highest BCUT2D eigenvalue weighted by Crippen LogP contribution is 2.25. The largest absolute Gasteiger partial charge is 0.394 e. The molecule has 0 bridgehead atoms. The van der Waals surface area contributed by atoms with Gasteiger partial charge >= 0.3 is 0 Å². The summed E-state index contributed by atoms with van der Waals surface area (Å²) in [5.74, 6) is -0.102. The number of nitrogens with zero attached hydrogens (tertiary/aromatic N) is 3. The summed E-state index contributed by atoms with van der Waals surface area (Å²) in [5, 5.41) is 22.2. The monoisotopic (exact) mass is 404 g/mol. The first-order chi connectivity index (χ1) is 14.1. The second-order valence-electron chi connectivity index (χ2n) is 8.64. The van der Waals surface area contributed by atoms with Crippen LogP contribution in [0.15, 0.2) is 24.5 Å². The van der Waals surface area contributed by atoms with E-state index in [9.17, 15) is 15.0 Å². The van der Waals surface area contributed by atoms with Gasteiger partial charge in [0, 0.05) is 31.5 Å². The lowest BCUT2D eigenvalue weighted by Gasteiger charge is -2.42. The summed E-state index contributed by atoms with van der Waals surface area (Å²) < 4.78 is 0. The third-order valence-corrected chi connectivity index (χ3v) is 6.70. The molecule has 0 aliphatic carbocycles. The molecule has 1 aromatic heterocycles. The van der Waals surface area contributed by atoms with E-state index in [1.54, 1.807) is 0 Å². The molecule has 1 amide bonds. The van der Waals surface area contributed by atoms with Crippen LogP contribution in [0.1, 0.15) is 44.6 Å². The molecule has 0 spiro atoms. The van der Waals surface area contributed by atoms with E-state index < -0.39 is 5.54 Å². The number of carbonyl (C=O) groups excluding carboxylic acids is 1. The number of amides is 1. The van der Waals surface area contributed by atoms with Gasteiger partial charge in [-0.05, 0) is 63.4 Å². The fraction of sp³-hybridized carbons (Fsp3) is 0.727. The lowest BCUT2D eigenvalue weighted by Crippen LogP contribution is -2.57. The number of aliphatic hydroxyl groups excluding tert-OH is 2. The van der Waals surface area contributed by atoms with Crippen LogP contribution in [0.4, 0.5) is 0 Å². The van der Waals surface area contributed by atoms with Gasteiger partial charge in [0.05, 0.1) is 24.7 Å². The summed E-state index contributed by atoms with van der Waals surface area (Å²) >= 11 is 0. The van der Waals surface area contributed by atoms with Crippen molar-refractivity contribution in [2.45, 2.75) is 57.2 Å². The number of hydrogen-bond acceptors (Lipinski definition) is 6. The van der Waals surface area contributed by atoms with Crippen molar-refractivity contribution in [2.24, 2.45) is 5.92 Å². The standard InChI is InChI=1S/C22H36N4O3/c1-2-22(16-27,17-28)24-21(29)19-6-4-10-26(15-19)20-7-11-25(12-8-20)14-18-5-3-9-23-13-18/h3,5,9,13,19-20,27-28H,2,4,6-8,10-12,14-17H2,1H3,(H,24,29)/t19-/m0/s1. The molecule has 7 heteroatoms. The Kier molecular flexibility index (Phi) is 8.00. The van der Waals surface area contributed by atoms with E-state index in [0.717, 1.165) is 58.4 Å². The summed E-state index contributed by atoms with van der Waals surface area (Å²) in [6.45, 7) is 6.31. The molecule has 3 heterocycles. The Bertz CT molecular complexity index is 622. The smallest absolute Gasteiger partial charge is 0.224 e. The van der Waals surface area contributed by atoms with Crippen LogP contribution in [0.3, 0.4) is 0 Å². The number of rotatable bonds is 8. The maximum atomic E-state index is 12.8. The zero-order chi connectivity index (χ0) is 20.7. The van der Waals surface area contributed by atoms with Gasteiger partial charge in [-0.25, -0.2) is 0 Å². The highest BCUT2D eigenvalue weighted by atomic mass is 16.3. The molecule has 2 aliphatic heterocycles. The van der Waals surface area contributed by atoms with E-state index in [1.807, 2.05) is 25.4 Å². The summed E-state index contributed by atoms with van der Waals surface area (Å²) in [7, 11) is 0. The molecule has 2 aliphatic rings. The Balaban J connectivity index is 1.49. The molecular formula is C22H36N4O3. The molecule has 0 radical (unpaired) electrons. The maximum Gasteiger partial charge on any atom is 0.224 e. The Morgan fingerprint density at radius 1 is 1.24 bits per heavy atom. The summed E-state index contributed by atoms with van der Waals surface area (Å²) in [4.78, 5) is 22.0. The number of aliphatic hydroxyl groups is 2. The normalized spacial score (nSPS) is 22.5. The van der Waals surface area contributed by atoms with Crippen molar-refractivity contribution in [3.05, 3.63) is 30.1 Å². The lowest BCUT2D eigenvalue weighted by molar-refractivity contribution is -0.130. The first-order valence-electron chi connectivity index (χ1n) is 11.0. The third kappa shape index (κ3) is 5.75. The van der Waals surface area contributed by atoms with E-state index in [1.165, 1.54) is 5.56 Å². The number of aromatic nitrogens is 1. The van der Waals surface area contributed by atoms with Crippen molar-refractivity contribution in [2.75, 3.05) is 39.4 Å². The molecule has 7 nitrogen and oxygen atoms in total. The topological polar surface area (TPSA) is 88.9 Å². The van der Waals surface area contributed by atoms with E-state index in [2.05, 4.69) is 26.2 Å². The van der Waals surface area contributed by atoms with Crippen molar-refractivity contribution in [3.63, 3.8) is 0 Å². The predicted octanol–water partition coefficient (Wildman–Crippen LogP) is 1.01. The van der Waals surface area contributed by atoms with Gasteiger partial charge < -0.3 is 15.5 Å². The molecule has 162 valence electrons. The minimum Gasteiger partial charge on any atom is -0.394 e. The highest BCUT2D eigenvalue weighted by Gasteiger charge is 2.35. The van der Waals surface area contributed by atoms with Gasteiger partial charge in [-0.15, -0.1) is 0 Å². The molecular weight excluding hydrogens is 368 g/mol. The quantitative estimate of drug-likeness (QED) is 0.599. The van der Waals surface area contributed by atoms with Gasteiger partial charge in [0.15, 0.2) is 0 Å². The van der Waals surface area contributed by atoms with Crippen LogP contribution in [0.25, 0.3) is 0 Å². The van der Waals surface area contributed by atoms with Crippen molar-refractivity contribution >= 4 is 5.91 Å². The Labute approximate surface area is 174 Å². The van der Waals surface area contributed by atoms with Gasteiger partial charge in [-0.2, -0.15) is 0 Å². The number of hydrogen-bond donors (Lipinski definition) is 3. The van der Waals surface area contributed by atoms with Crippen molar-refractivity contribution in [1.82, 2.24) is 20.1 Å². The average Bonchev–Trinajstić information content (AvgIpc) is 2.79. The number of nitrogens with one attached hydrogen (secondary N) is 1. The van der Waals surface area contributed by atoms with Crippen LogP contribution in [0.2, 0.25) is 0 Å². The second-order valence-corrected chi connectivity index (χ2v) is 8.64. The minimum atomic E-state index is -0.906. The summed E-state index contributed by atoms with van der Waals surface area (Å²) in [5.41, 5.74) is 0.351. The van der Waals surface area contributed by atoms with E-state index in [-0.39, 0.29) is 25.0 Å². The van der Waals surface area contributed by atoms with Gasteiger partial charge in [0.2, 0.25) is 5.91 Å². The predicted molar refractivity (Wildman–Crippen MR) is 112 cm³/mol. The molecule has 29 heavy (non-hydrogen) atoms. The molecule has 2 fully saturated rings. The van der Waals surface area contributed by atoms with Crippen LogP contribution in [0, 0.1) is 5.92 Å². The van der Waals surface area contributed by atoms with Crippen molar-refractivity contribution in [1.29, 1.82) is 0 Å². The summed E-state index contributed by atoms with van der Waals surface area (Å²) in [6.07, 6.45) is 8.41. The first-order valence-corrected chi connectivity index (χ1v) is 11.0. The van der Waals surface area contributed by atoms with Crippen LogP contribution in [0.5, 0.6) is 0 Å². The SMILES string of the molecule is CCC(CO)(CO)NC(=O)[C@H]1CCCN(C2CCN(Cc3cccnc3)CC2)C1. The molecule has 0 saturated carbocycles. The number of pyridine rings is 1. The van der Waals surface area contributed by atoms with E-state index in [0.29, 0.717) is 12.5 Å². The van der Waals surface area contributed by atoms with Crippen LogP contribution in [-0.2, 0) is 11.3 Å². The van der Waals surface area contributed by atoms with Crippen LogP contribution >= 0.6 is 0 Å². The van der Waals surface area contributed by atoms with Gasteiger partial charge in [-0.1, -0.05) is 13.0 Å². The molecule has 1 atom stereocenters. The van der Waals surface area contributed by atoms with Crippen LogP contribution in [-0.4, -0.2) is 81.9 Å². The zero-order valence-electron chi connectivity index (χ0n) is 17.6. The Hall–Kier alpha value is -1.54. The van der Waals surface area contributed by atoms with Crippen molar-refractivity contribution in [3.8, 4) is 0 Å². The van der Waals surface area contributed by atoms with Gasteiger partial charge in [0.1, 0.15) is 0 Å². The molecule has 2 saturated heterocycles. The summed E-state index contributed by atoms with van der Waals surface area (Å²) in [6, 6.07) is 4.64. The molecule has 0 unspecified atom stereocenters. The second kappa shape index (κ2) is 10.5. The molecule has 3 N–H and O–H groups in total. The highest BCUT2D eigenvalue weighted by molar-refractivity contribution is 5.79. The lowest BCUT2D eigenvalue weighted by atomic mass is 9.91. The van der Waals surface area contributed by atoms with E-state index >= 15 is 0 Å².